The van der Waals surface area contributed by atoms with Gasteiger partial charge in [0.2, 0.25) is 0 Å². The molecule has 1 saturated heterocycles. The Balaban J connectivity index is 1.57. The molecule has 2 N–H and O–H groups in total. The van der Waals surface area contributed by atoms with E-state index in [1.165, 1.54) is 0 Å². The molecule has 0 aromatic heterocycles. The second kappa shape index (κ2) is 13.1. The lowest BCUT2D eigenvalue weighted by atomic mass is 9.97. The fraction of sp³-hybridized carbons (Fsp3) is 0.500. The van der Waals surface area contributed by atoms with Crippen molar-refractivity contribution in [3.05, 3.63) is 68.2 Å². The number of likely N-dealkylation sites (tertiary alicyclic amines) is 1. The van der Waals surface area contributed by atoms with Crippen LogP contribution in [-0.4, -0.2) is 52.9 Å². The maximum atomic E-state index is 11.0. The molecule has 3 atom stereocenters. The van der Waals surface area contributed by atoms with Crippen molar-refractivity contribution in [1.82, 2.24) is 4.90 Å². The highest BCUT2D eigenvalue weighted by atomic mass is 35.5. The molecule has 8 heteroatoms. The van der Waals surface area contributed by atoms with Crippen LogP contribution in [0.5, 0.6) is 0 Å². The van der Waals surface area contributed by atoms with E-state index < -0.39 is 12.1 Å². The predicted molar refractivity (Wildman–Crippen MR) is 137 cm³/mol. The number of hydrogen-bond acceptors (Lipinski definition) is 4. The standard InChI is InChI=1S/C26H32Cl3NO4/c1-2-25(22-8-7-19(27)14-18(22)6-10-26(32)33)34-16-21(31)15-30-11-3-4-20(30)12-17-5-9-23(28)24(29)13-17/h5,7-9,13-14,20-21,25,31H,2-4,6,10-12,15-16H2,1H3,(H,32,33)/t20-,21?,25+/m0/s1. The molecule has 0 spiro atoms. The maximum absolute atomic E-state index is 11.0. The monoisotopic (exact) mass is 527 g/mol. The number of carbonyl (C=O) groups is 1. The van der Waals surface area contributed by atoms with E-state index in [0.717, 1.165) is 42.5 Å². The predicted octanol–water partition coefficient (Wildman–Crippen LogP) is 6.20. The third-order valence-electron chi connectivity index (χ3n) is 6.32. The van der Waals surface area contributed by atoms with Crippen molar-refractivity contribution < 1.29 is 19.7 Å². The third-order valence-corrected chi connectivity index (χ3v) is 7.29. The first kappa shape index (κ1) is 27.3. The molecule has 1 fully saturated rings. The van der Waals surface area contributed by atoms with Crippen LogP contribution in [0.3, 0.4) is 0 Å². The Labute approximate surface area is 216 Å². The van der Waals surface area contributed by atoms with E-state index in [1.807, 2.05) is 31.2 Å². The number of halogens is 3. The van der Waals surface area contributed by atoms with Crippen molar-refractivity contribution in [3.8, 4) is 0 Å². The van der Waals surface area contributed by atoms with Crippen molar-refractivity contribution in [2.24, 2.45) is 0 Å². The van der Waals surface area contributed by atoms with E-state index in [-0.39, 0.29) is 19.1 Å². The highest BCUT2D eigenvalue weighted by Gasteiger charge is 2.27. The van der Waals surface area contributed by atoms with Gasteiger partial charge in [-0.2, -0.15) is 0 Å². The molecular weight excluding hydrogens is 497 g/mol. The summed E-state index contributed by atoms with van der Waals surface area (Å²) in [5, 5.41) is 21.5. The van der Waals surface area contributed by atoms with Gasteiger partial charge in [-0.3, -0.25) is 9.69 Å². The normalized spacial score (nSPS) is 18.2. The minimum Gasteiger partial charge on any atom is -0.481 e. The van der Waals surface area contributed by atoms with Gasteiger partial charge in [-0.05, 0) is 79.6 Å². The molecule has 186 valence electrons. The van der Waals surface area contributed by atoms with Gasteiger partial charge in [0, 0.05) is 24.0 Å². The van der Waals surface area contributed by atoms with Crippen LogP contribution in [0.4, 0.5) is 0 Å². The highest BCUT2D eigenvalue weighted by molar-refractivity contribution is 6.42. The Morgan fingerprint density at radius 3 is 2.68 bits per heavy atom. The Hall–Kier alpha value is -1.34. The SMILES string of the molecule is CC[C@@H](OCC(O)CN1CCC[C@H]1Cc1ccc(Cl)c(Cl)c1)c1ccc(Cl)cc1CCC(=O)O. The molecule has 2 aromatic rings. The van der Waals surface area contributed by atoms with Crippen LogP contribution in [0.2, 0.25) is 15.1 Å². The average molecular weight is 529 g/mol. The van der Waals surface area contributed by atoms with E-state index >= 15 is 0 Å². The zero-order valence-corrected chi connectivity index (χ0v) is 21.6. The van der Waals surface area contributed by atoms with Gasteiger partial charge in [-0.25, -0.2) is 0 Å². The number of aliphatic hydroxyl groups is 1. The second-order valence-corrected chi connectivity index (χ2v) is 10.1. The van der Waals surface area contributed by atoms with Gasteiger partial charge in [0.25, 0.3) is 0 Å². The molecule has 0 aliphatic carbocycles. The Kier molecular flexibility index (Phi) is 10.5. The maximum Gasteiger partial charge on any atom is 0.303 e. The first-order valence-electron chi connectivity index (χ1n) is 11.7. The van der Waals surface area contributed by atoms with Gasteiger partial charge in [-0.1, -0.05) is 53.9 Å². The zero-order valence-electron chi connectivity index (χ0n) is 19.4. The van der Waals surface area contributed by atoms with Crippen LogP contribution >= 0.6 is 34.8 Å². The van der Waals surface area contributed by atoms with Crippen molar-refractivity contribution >= 4 is 40.8 Å². The van der Waals surface area contributed by atoms with E-state index in [2.05, 4.69) is 4.90 Å². The zero-order chi connectivity index (χ0) is 24.7. The molecule has 0 saturated carbocycles. The van der Waals surface area contributed by atoms with Crippen molar-refractivity contribution in [1.29, 1.82) is 0 Å². The number of rotatable bonds is 12. The number of aliphatic carboxylic acids is 1. The van der Waals surface area contributed by atoms with Crippen molar-refractivity contribution in [2.45, 2.75) is 63.7 Å². The molecule has 1 heterocycles. The topological polar surface area (TPSA) is 70.0 Å². The summed E-state index contributed by atoms with van der Waals surface area (Å²) in [6.45, 7) is 3.70. The largest absolute Gasteiger partial charge is 0.481 e. The lowest BCUT2D eigenvalue weighted by Gasteiger charge is -2.28. The molecule has 0 amide bonds. The molecular formula is C26H32Cl3NO4. The minimum absolute atomic E-state index is 0.0293. The summed E-state index contributed by atoms with van der Waals surface area (Å²) in [6, 6.07) is 11.6. The first-order chi connectivity index (χ1) is 16.3. The number of carboxylic acid groups (broad SMARTS) is 1. The Morgan fingerprint density at radius 2 is 1.97 bits per heavy atom. The van der Waals surface area contributed by atoms with E-state index in [9.17, 15) is 9.90 Å². The number of aryl methyl sites for hydroxylation is 1. The summed E-state index contributed by atoms with van der Waals surface area (Å²) < 4.78 is 6.12. The number of β-amino-alcohol motifs (C(OH)–C–C–N with tert-alkyl or cyclic N) is 1. The molecule has 1 unspecified atom stereocenters. The molecule has 1 aliphatic rings. The summed E-state index contributed by atoms with van der Waals surface area (Å²) >= 11 is 18.4. The molecule has 2 aromatic carbocycles. The second-order valence-electron chi connectivity index (χ2n) is 8.86. The smallest absolute Gasteiger partial charge is 0.303 e. The molecule has 0 bridgehead atoms. The lowest BCUT2D eigenvalue weighted by molar-refractivity contribution is -0.136. The quantitative estimate of drug-likeness (QED) is 0.343. The van der Waals surface area contributed by atoms with Crippen LogP contribution in [0, 0.1) is 0 Å². The van der Waals surface area contributed by atoms with Gasteiger partial charge in [0.15, 0.2) is 0 Å². The number of hydrogen-bond donors (Lipinski definition) is 2. The number of aliphatic hydroxyl groups excluding tert-OH is 1. The van der Waals surface area contributed by atoms with Gasteiger partial charge in [0.05, 0.1) is 28.9 Å². The van der Waals surface area contributed by atoms with Crippen LogP contribution in [0.1, 0.15) is 55.4 Å². The lowest BCUT2D eigenvalue weighted by Crippen LogP contribution is -2.39. The van der Waals surface area contributed by atoms with Gasteiger partial charge in [0.1, 0.15) is 0 Å². The van der Waals surface area contributed by atoms with E-state index in [1.54, 1.807) is 12.1 Å². The number of nitrogens with zero attached hydrogens (tertiary/aromatic N) is 1. The first-order valence-corrected chi connectivity index (χ1v) is 12.9. The molecule has 1 aliphatic heterocycles. The van der Waals surface area contributed by atoms with Crippen LogP contribution in [0.25, 0.3) is 0 Å². The van der Waals surface area contributed by atoms with Crippen LogP contribution < -0.4 is 0 Å². The molecule has 3 rings (SSSR count). The summed E-state index contributed by atoms with van der Waals surface area (Å²) in [5.74, 6) is -0.851. The Morgan fingerprint density at radius 1 is 1.18 bits per heavy atom. The average Bonchev–Trinajstić information content (AvgIpc) is 3.22. The van der Waals surface area contributed by atoms with Gasteiger partial charge in [-0.15, -0.1) is 0 Å². The van der Waals surface area contributed by atoms with E-state index in [0.29, 0.717) is 40.5 Å². The number of benzene rings is 2. The summed E-state index contributed by atoms with van der Waals surface area (Å²) in [7, 11) is 0. The van der Waals surface area contributed by atoms with Crippen molar-refractivity contribution in [3.63, 3.8) is 0 Å². The fourth-order valence-corrected chi connectivity index (χ4v) is 5.15. The molecule has 5 nitrogen and oxygen atoms in total. The van der Waals surface area contributed by atoms with Crippen molar-refractivity contribution in [2.75, 3.05) is 19.7 Å². The number of carboxylic acids is 1. The van der Waals surface area contributed by atoms with E-state index in [4.69, 9.17) is 44.6 Å². The Bertz CT molecular complexity index is 971. The highest BCUT2D eigenvalue weighted by Crippen LogP contribution is 2.29. The van der Waals surface area contributed by atoms with Crippen LogP contribution in [-0.2, 0) is 22.4 Å². The number of ether oxygens (including phenoxy) is 1. The summed E-state index contributed by atoms with van der Waals surface area (Å²) in [5.41, 5.74) is 2.94. The minimum atomic E-state index is -0.851. The summed E-state index contributed by atoms with van der Waals surface area (Å²) in [6.07, 6.45) is 3.29. The molecule has 0 radical (unpaired) electrons. The fourth-order valence-electron chi connectivity index (χ4n) is 4.63. The third kappa shape index (κ3) is 7.84. The van der Waals surface area contributed by atoms with Crippen LogP contribution in [0.15, 0.2) is 36.4 Å². The van der Waals surface area contributed by atoms with Gasteiger partial charge < -0.3 is 14.9 Å². The van der Waals surface area contributed by atoms with Gasteiger partial charge >= 0.3 is 5.97 Å². The molecule has 34 heavy (non-hydrogen) atoms. The summed E-state index contributed by atoms with van der Waals surface area (Å²) in [4.78, 5) is 13.4.